The summed E-state index contributed by atoms with van der Waals surface area (Å²) in [5.41, 5.74) is 0. The molecule has 4 aliphatic rings. The lowest BCUT2D eigenvalue weighted by molar-refractivity contribution is -0.150. The summed E-state index contributed by atoms with van der Waals surface area (Å²) in [6.07, 6.45) is 9.46. The molecule has 150 valence electrons. The molecule has 4 saturated heterocycles. The molecule has 0 saturated carbocycles. The summed E-state index contributed by atoms with van der Waals surface area (Å²) in [5.74, 6) is 2.28. The Balaban J connectivity index is 1.27. The number of aromatic nitrogens is 2. The van der Waals surface area contributed by atoms with Crippen molar-refractivity contribution in [3.8, 4) is 0 Å². The summed E-state index contributed by atoms with van der Waals surface area (Å²) in [4.78, 5) is 40.8. The zero-order chi connectivity index (χ0) is 19.1. The van der Waals surface area contributed by atoms with Crippen LogP contribution in [0.1, 0.15) is 38.5 Å². The Kier molecular flexibility index (Phi) is 4.69. The average molecular weight is 383 g/mol. The summed E-state index contributed by atoms with van der Waals surface area (Å²) < 4.78 is 0. The van der Waals surface area contributed by atoms with Crippen molar-refractivity contribution in [2.24, 2.45) is 17.8 Å². The van der Waals surface area contributed by atoms with E-state index >= 15 is 0 Å². The maximum absolute atomic E-state index is 13.4. The highest BCUT2D eigenvalue weighted by molar-refractivity contribution is 5.80. The van der Waals surface area contributed by atoms with Crippen molar-refractivity contribution in [3.63, 3.8) is 0 Å². The number of rotatable bonds is 2. The van der Waals surface area contributed by atoms with Crippen molar-refractivity contribution < 1.29 is 9.59 Å². The van der Waals surface area contributed by atoms with Gasteiger partial charge < -0.3 is 14.7 Å². The Morgan fingerprint density at radius 2 is 1.89 bits per heavy atom. The first-order valence-corrected chi connectivity index (χ1v) is 10.8. The molecule has 1 aromatic heterocycles. The van der Waals surface area contributed by atoms with E-state index < -0.39 is 0 Å². The number of piperidine rings is 4. The number of carbonyl (C=O) groups is 2. The topological polar surface area (TPSA) is 69.6 Å². The highest BCUT2D eigenvalue weighted by atomic mass is 16.2. The van der Waals surface area contributed by atoms with Crippen LogP contribution in [-0.2, 0) is 9.59 Å². The van der Waals surface area contributed by atoms with E-state index in [1.165, 1.54) is 6.42 Å². The molecule has 2 bridgehead atoms. The molecule has 4 atom stereocenters. The van der Waals surface area contributed by atoms with Gasteiger partial charge in [-0.1, -0.05) is 0 Å². The van der Waals surface area contributed by atoms with Gasteiger partial charge in [-0.3, -0.25) is 9.59 Å². The quantitative estimate of drug-likeness (QED) is 0.775. The van der Waals surface area contributed by atoms with Gasteiger partial charge in [-0.25, -0.2) is 9.97 Å². The highest BCUT2D eigenvalue weighted by Gasteiger charge is 2.45. The number of amides is 2. The molecule has 5 rings (SSSR count). The number of hydrogen-bond acceptors (Lipinski definition) is 5. The minimum absolute atomic E-state index is 0.0282. The van der Waals surface area contributed by atoms with Crippen molar-refractivity contribution in [1.82, 2.24) is 19.8 Å². The van der Waals surface area contributed by atoms with Crippen LogP contribution in [-0.4, -0.2) is 70.3 Å². The van der Waals surface area contributed by atoms with Crippen LogP contribution in [0.3, 0.4) is 0 Å². The van der Waals surface area contributed by atoms with E-state index in [0.717, 1.165) is 57.8 Å². The zero-order valence-electron chi connectivity index (χ0n) is 16.4. The summed E-state index contributed by atoms with van der Waals surface area (Å²) in [7, 11) is 0. The maximum atomic E-state index is 13.4. The van der Waals surface area contributed by atoms with Crippen LogP contribution >= 0.6 is 0 Å². The van der Waals surface area contributed by atoms with Crippen LogP contribution in [0.25, 0.3) is 0 Å². The summed E-state index contributed by atoms with van der Waals surface area (Å²) in [6.45, 7) is 4.10. The predicted octanol–water partition coefficient (Wildman–Crippen LogP) is 1.55. The van der Waals surface area contributed by atoms with Gasteiger partial charge in [0.05, 0.1) is 5.92 Å². The number of fused-ring (bicyclic) bond motifs is 4. The smallest absolute Gasteiger partial charge is 0.227 e. The van der Waals surface area contributed by atoms with E-state index in [4.69, 9.17) is 0 Å². The largest absolute Gasteiger partial charge is 0.342 e. The van der Waals surface area contributed by atoms with Crippen molar-refractivity contribution >= 4 is 17.8 Å². The third-order valence-corrected chi connectivity index (χ3v) is 7.10. The van der Waals surface area contributed by atoms with Crippen LogP contribution in [0.4, 0.5) is 5.95 Å². The molecule has 1 aromatic rings. The second-order valence-corrected chi connectivity index (χ2v) is 8.94. The normalized spacial score (nSPS) is 32.9. The third-order valence-electron chi connectivity index (χ3n) is 7.10. The molecule has 0 spiro atoms. The molecule has 7 nitrogen and oxygen atoms in total. The molecule has 28 heavy (non-hydrogen) atoms. The number of likely N-dealkylation sites (tertiary alicyclic amines) is 1. The van der Waals surface area contributed by atoms with Gasteiger partial charge >= 0.3 is 0 Å². The van der Waals surface area contributed by atoms with Crippen molar-refractivity contribution in [3.05, 3.63) is 18.5 Å². The van der Waals surface area contributed by atoms with E-state index in [9.17, 15) is 9.59 Å². The van der Waals surface area contributed by atoms with Crippen LogP contribution in [0.2, 0.25) is 0 Å². The second kappa shape index (κ2) is 7.33. The minimum atomic E-state index is 0.0282. The van der Waals surface area contributed by atoms with E-state index in [0.29, 0.717) is 42.7 Å². The number of hydrogen-bond donors (Lipinski definition) is 0. The highest BCUT2D eigenvalue weighted by Crippen LogP contribution is 2.38. The monoisotopic (exact) mass is 383 g/mol. The van der Waals surface area contributed by atoms with Crippen molar-refractivity contribution in [1.29, 1.82) is 0 Å². The number of anilines is 1. The maximum Gasteiger partial charge on any atom is 0.227 e. The van der Waals surface area contributed by atoms with Crippen molar-refractivity contribution in [2.75, 3.05) is 37.6 Å². The molecule has 0 aromatic carbocycles. The van der Waals surface area contributed by atoms with Gasteiger partial charge in [0.25, 0.3) is 0 Å². The first-order chi connectivity index (χ1) is 13.7. The fraction of sp³-hybridized carbons (Fsp3) is 0.714. The molecular formula is C21H29N5O2. The Labute approximate surface area is 166 Å². The Bertz CT molecular complexity index is 742. The van der Waals surface area contributed by atoms with Crippen molar-refractivity contribution in [2.45, 2.75) is 44.6 Å². The summed E-state index contributed by atoms with van der Waals surface area (Å²) in [6, 6.07) is 2.18. The van der Waals surface area contributed by atoms with Crippen LogP contribution in [0.15, 0.2) is 18.5 Å². The van der Waals surface area contributed by atoms with Gasteiger partial charge in [-0.2, -0.15) is 0 Å². The Hall–Kier alpha value is -2.18. The molecule has 5 heterocycles. The Morgan fingerprint density at radius 3 is 2.75 bits per heavy atom. The molecule has 0 radical (unpaired) electrons. The van der Waals surface area contributed by atoms with E-state index in [1.807, 2.05) is 6.07 Å². The summed E-state index contributed by atoms with van der Waals surface area (Å²) >= 11 is 0. The lowest BCUT2D eigenvalue weighted by Crippen LogP contribution is -2.62. The van der Waals surface area contributed by atoms with E-state index in [2.05, 4.69) is 24.7 Å². The zero-order valence-corrected chi connectivity index (χ0v) is 16.4. The van der Waals surface area contributed by atoms with Gasteiger partial charge in [0, 0.05) is 57.6 Å². The fourth-order valence-electron chi connectivity index (χ4n) is 5.86. The SMILES string of the molecule is O=C([C@@H]1CCCN(c2ncccn2)C1)N1C[C@H]2C[C@@H](C1)[C@H]1CCCC(=O)N1C2. The average Bonchev–Trinajstić information content (AvgIpc) is 2.75. The standard InChI is InChI=1S/C21H29N5O2/c27-19-6-1-5-18-17-10-15(12-26(18)19)11-25(14-17)20(28)16-4-2-9-24(13-16)21-22-7-3-8-23-21/h3,7-8,15-18H,1-2,4-6,9-14H2/t15-,16-,17+,18-/m1/s1. The fourth-order valence-corrected chi connectivity index (χ4v) is 5.86. The van der Waals surface area contributed by atoms with E-state index in [-0.39, 0.29) is 5.92 Å². The molecule has 0 N–H and O–H groups in total. The third kappa shape index (κ3) is 3.25. The van der Waals surface area contributed by atoms with E-state index in [1.54, 1.807) is 12.4 Å². The molecule has 0 aliphatic carbocycles. The first kappa shape index (κ1) is 17.9. The van der Waals surface area contributed by atoms with Crippen LogP contribution in [0, 0.1) is 17.8 Å². The predicted molar refractivity (Wildman–Crippen MR) is 104 cm³/mol. The van der Waals surface area contributed by atoms with Gasteiger partial charge in [-0.15, -0.1) is 0 Å². The summed E-state index contributed by atoms with van der Waals surface area (Å²) in [5, 5.41) is 0. The first-order valence-electron chi connectivity index (χ1n) is 10.8. The number of carbonyl (C=O) groups excluding carboxylic acids is 2. The van der Waals surface area contributed by atoms with Crippen LogP contribution in [0.5, 0.6) is 0 Å². The molecule has 7 heteroatoms. The lowest BCUT2D eigenvalue weighted by atomic mass is 9.75. The molecular weight excluding hydrogens is 354 g/mol. The molecule has 4 fully saturated rings. The minimum Gasteiger partial charge on any atom is -0.342 e. The molecule has 0 unspecified atom stereocenters. The van der Waals surface area contributed by atoms with Gasteiger partial charge in [0.1, 0.15) is 0 Å². The van der Waals surface area contributed by atoms with Gasteiger partial charge in [-0.05, 0) is 50.0 Å². The lowest BCUT2D eigenvalue weighted by Gasteiger charge is -2.53. The van der Waals surface area contributed by atoms with Gasteiger partial charge in [0.2, 0.25) is 17.8 Å². The van der Waals surface area contributed by atoms with Gasteiger partial charge in [0.15, 0.2) is 0 Å². The Morgan fingerprint density at radius 1 is 1.04 bits per heavy atom. The second-order valence-electron chi connectivity index (χ2n) is 8.94. The van der Waals surface area contributed by atoms with Crippen LogP contribution < -0.4 is 4.90 Å². The molecule has 4 aliphatic heterocycles. The molecule has 2 amide bonds. The number of nitrogens with zero attached hydrogens (tertiary/aromatic N) is 5.